The number of halogens is 2. The van der Waals surface area contributed by atoms with Gasteiger partial charge in [-0.15, -0.1) is 0 Å². The molecule has 3 nitrogen and oxygen atoms in total. The van der Waals surface area contributed by atoms with E-state index in [1.807, 2.05) is 0 Å². The van der Waals surface area contributed by atoms with Crippen LogP contribution in [0.4, 0.5) is 0 Å². The average molecular weight is 250 g/mol. The summed E-state index contributed by atoms with van der Waals surface area (Å²) in [4.78, 5) is 14.2. The summed E-state index contributed by atoms with van der Waals surface area (Å²) >= 11 is 8.86. The van der Waals surface area contributed by atoms with Crippen LogP contribution in [-0.2, 0) is 11.2 Å². The van der Waals surface area contributed by atoms with E-state index in [1.54, 1.807) is 6.07 Å². The van der Waals surface area contributed by atoms with Crippen molar-refractivity contribution in [1.29, 1.82) is 0 Å². The lowest BCUT2D eigenvalue weighted by Crippen LogP contribution is -2.01. The Bertz CT molecular complexity index is 316. The molecule has 0 fully saturated rings. The molecule has 1 heterocycles. The quantitative estimate of drug-likeness (QED) is 0.818. The Morgan fingerprint density at radius 3 is 3.00 bits per heavy atom. The predicted octanol–water partition coefficient (Wildman–Crippen LogP) is 2.12. The van der Waals surface area contributed by atoms with E-state index in [1.165, 1.54) is 6.20 Å². The molecule has 0 bridgehead atoms. The lowest BCUT2D eigenvalue weighted by molar-refractivity contribution is -0.136. The number of aliphatic carboxylic acids is 1. The minimum Gasteiger partial charge on any atom is -0.481 e. The third-order valence-electron chi connectivity index (χ3n) is 1.27. The minimum atomic E-state index is -0.907. The molecule has 0 unspecified atom stereocenters. The third kappa shape index (κ3) is 2.19. The van der Waals surface area contributed by atoms with Crippen LogP contribution in [0.3, 0.4) is 0 Å². The molecule has 1 rings (SSSR count). The van der Waals surface area contributed by atoms with Gasteiger partial charge in [0.05, 0.1) is 11.4 Å². The summed E-state index contributed by atoms with van der Waals surface area (Å²) in [7, 11) is 0. The molecule has 0 spiro atoms. The first-order chi connectivity index (χ1) is 5.61. The molecule has 1 aromatic heterocycles. The Morgan fingerprint density at radius 2 is 2.42 bits per heavy atom. The van der Waals surface area contributed by atoms with Crippen molar-refractivity contribution in [1.82, 2.24) is 4.98 Å². The molecule has 5 heteroatoms. The second-order valence-corrected chi connectivity index (χ2v) is 3.27. The van der Waals surface area contributed by atoms with E-state index in [9.17, 15) is 4.79 Å². The van der Waals surface area contributed by atoms with Crippen LogP contribution >= 0.6 is 27.5 Å². The highest BCUT2D eigenvalue weighted by molar-refractivity contribution is 9.10. The number of hydrogen-bond donors (Lipinski definition) is 1. The van der Waals surface area contributed by atoms with Gasteiger partial charge in [0.1, 0.15) is 4.60 Å². The van der Waals surface area contributed by atoms with Gasteiger partial charge in [0.2, 0.25) is 0 Å². The average Bonchev–Trinajstić information content (AvgIpc) is 1.98. The van der Waals surface area contributed by atoms with Gasteiger partial charge in [0.25, 0.3) is 0 Å². The van der Waals surface area contributed by atoms with Gasteiger partial charge in [0.15, 0.2) is 0 Å². The number of nitrogens with zero attached hydrogens (tertiary/aromatic N) is 1. The van der Waals surface area contributed by atoms with Crippen molar-refractivity contribution in [2.45, 2.75) is 6.42 Å². The first kappa shape index (κ1) is 9.48. The number of hydrogen-bond acceptors (Lipinski definition) is 2. The number of carboxylic acids is 1. The zero-order valence-electron chi connectivity index (χ0n) is 5.92. The van der Waals surface area contributed by atoms with Crippen LogP contribution in [-0.4, -0.2) is 16.1 Å². The maximum Gasteiger partial charge on any atom is 0.307 e. The maximum absolute atomic E-state index is 10.3. The van der Waals surface area contributed by atoms with Gasteiger partial charge in [-0.2, -0.15) is 0 Å². The van der Waals surface area contributed by atoms with Gasteiger partial charge in [-0.05, 0) is 27.6 Å². The number of carbonyl (C=O) groups is 1. The van der Waals surface area contributed by atoms with Crippen LogP contribution in [0.25, 0.3) is 0 Å². The van der Waals surface area contributed by atoms with E-state index in [-0.39, 0.29) is 6.42 Å². The summed E-state index contributed by atoms with van der Waals surface area (Å²) in [6.45, 7) is 0. The molecule has 0 aliphatic rings. The van der Waals surface area contributed by atoms with Gasteiger partial charge in [0, 0.05) is 6.20 Å². The van der Waals surface area contributed by atoms with Gasteiger partial charge in [-0.3, -0.25) is 4.79 Å². The van der Waals surface area contributed by atoms with Crippen molar-refractivity contribution in [3.63, 3.8) is 0 Å². The van der Waals surface area contributed by atoms with E-state index in [4.69, 9.17) is 16.7 Å². The monoisotopic (exact) mass is 249 g/mol. The van der Waals surface area contributed by atoms with E-state index in [0.29, 0.717) is 15.2 Å². The van der Waals surface area contributed by atoms with Gasteiger partial charge in [-0.1, -0.05) is 11.6 Å². The van der Waals surface area contributed by atoms with Crippen molar-refractivity contribution in [2.75, 3.05) is 0 Å². The summed E-state index contributed by atoms with van der Waals surface area (Å²) in [5.41, 5.74) is 0.561. The molecule has 12 heavy (non-hydrogen) atoms. The van der Waals surface area contributed by atoms with Crippen LogP contribution in [0.2, 0.25) is 5.02 Å². The van der Waals surface area contributed by atoms with Gasteiger partial charge >= 0.3 is 5.97 Å². The summed E-state index contributed by atoms with van der Waals surface area (Å²) in [5.74, 6) is -0.907. The zero-order chi connectivity index (χ0) is 9.14. The molecule has 0 amide bonds. The lowest BCUT2D eigenvalue weighted by atomic mass is 10.2. The minimum absolute atomic E-state index is 0.0834. The molecule has 0 aliphatic carbocycles. The Morgan fingerprint density at radius 1 is 1.75 bits per heavy atom. The molecule has 1 aromatic rings. The van der Waals surface area contributed by atoms with Crippen LogP contribution in [0.1, 0.15) is 5.56 Å². The van der Waals surface area contributed by atoms with Crippen LogP contribution < -0.4 is 0 Å². The molecule has 0 aromatic carbocycles. The SMILES string of the molecule is O=C(O)Cc1ccnc(Br)c1Cl. The van der Waals surface area contributed by atoms with E-state index < -0.39 is 5.97 Å². The molecule has 1 N–H and O–H groups in total. The molecule has 64 valence electrons. The second-order valence-electron chi connectivity index (χ2n) is 2.15. The molecule has 0 atom stereocenters. The van der Waals surface area contributed by atoms with Gasteiger partial charge < -0.3 is 5.11 Å². The van der Waals surface area contributed by atoms with Crippen molar-refractivity contribution in [2.24, 2.45) is 0 Å². The fraction of sp³-hybridized carbons (Fsp3) is 0.143. The first-order valence-electron chi connectivity index (χ1n) is 3.12. The third-order valence-corrected chi connectivity index (χ3v) is 2.52. The Kier molecular flexibility index (Phi) is 3.05. The molecular formula is C7H5BrClNO2. The van der Waals surface area contributed by atoms with Crippen molar-refractivity contribution in [3.8, 4) is 0 Å². The lowest BCUT2D eigenvalue weighted by Gasteiger charge is -2.00. The number of pyridine rings is 1. The second kappa shape index (κ2) is 3.87. The highest BCUT2D eigenvalue weighted by Crippen LogP contribution is 2.23. The van der Waals surface area contributed by atoms with Crippen LogP contribution in [0.15, 0.2) is 16.9 Å². The zero-order valence-corrected chi connectivity index (χ0v) is 8.26. The van der Waals surface area contributed by atoms with Crippen molar-refractivity contribution >= 4 is 33.5 Å². The number of carboxylic acid groups (broad SMARTS) is 1. The summed E-state index contributed by atoms with van der Waals surface area (Å²) in [6, 6.07) is 1.58. The Hall–Kier alpha value is -0.610. The topological polar surface area (TPSA) is 50.2 Å². The standard InChI is InChI=1S/C7H5BrClNO2/c8-7-6(9)4(1-2-10-7)3-5(11)12/h1-2H,3H2,(H,11,12). The summed E-state index contributed by atoms with van der Waals surface area (Å²) in [6.07, 6.45) is 1.42. The van der Waals surface area contributed by atoms with E-state index in [2.05, 4.69) is 20.9 Å². The summed E-state index contributed by atoms with van der Waals surface area (Å²) < 4.78 is 0.475. The van der Waals surface area contributed by atoms with E-state index >= 15 is 0 Å². The Labute approximate surface area is 82.5 Å². The fourth-order valence-corrected chi connectivity index (χ4v) is 1.31. The number of rotatable bonds is 2. The van der Waals surface area contributed by atoms with Crippen LogP contribution in [0, 0.1) is 0 Å². The number of aromatic nitrogens is 1. The Balaban J connectivity index is 3.00. The molecule has 0 saturated heterocycles. The van der Waals surface area contributed by atoms with E-state index in [0.717, 1.165) is 0 Å². The molecule has 0 saturated carbocycles. The van der Waals surface area contributed by atoms with Gasteiger partial charge in [-0.25, -0.2) is 4.98 Å². The fourth-order valence-electron chi connectivity index (χ4n) is 0.754. The molecular weight excluding hydrogens is 245 g/mol. The van der Waals surface area contributed by atoms with Crippen LogP contribution in [0.5, 0.6) is 0 Å². The maximum atomic E-state index is 10.3. The highest BCUT2D eigenvalue weighted by atomic mass is 79.9. The first-order valence-corrected chi connectivity index (χ1v) is 4.29. The predicted molar refractivity (Wildman–Crippen MR) is 48.3 cm³/mol. The van der Waals surface area contributed by atoms with Crippen molar-refractivity contribution in [3.05, 3.63) is 27.5 Å². The summed E-state index contributed by atoms with van der Waals surface area (Å²) in [5, 5.41) is 8.85. The molecule has 0 radical (unpaired) electrons. The normalized spacial score (nSPS) is 9.83. The smallest absolute Gasteiger partial charge is 0.307 e. The molecule has 0 aliphatic heterocycles. The largest absolute Gasteiger partial charge is 0.481 e. The van der Waals surface area contributed by atoms with Crippen molar-refractivity contribution < 1.29 is 9.90 Å². The highest BCUT2D eigenvalue weighted by Gasteiger charge is 2.07.